The molecule has 0 aliphatic carbocycles. The fourth-order valence-corrected chi connectivity index (χ4v) is 3.53. The van der Waals surface area contributed by atoms with Crippen molar-refractivity contribution >= 4 is 21.6 Å². The standard InChI is InChI=1S/C18H21FN2O4S/c1-12(2)21(3)26(23,24)15-8-6-14(7-9-15)20-18(22)13-5-10-17(25-4)16(19)11-13/h5-12H,1-4H3,(H,20,22). The summed E-state index contributed by atoms with van der Waals surface area (Å²) in [5.74, 6) is -1.11. The number of anilines is 1. The number of amides is 1. The number of rotatable bonds is 6. The zero-order chi connectivity index (χ0) is 19.5. The zero-order valence-corrected chi connectivity index (χ0v) is 15.8. The Balaban J connectivity index is 2.17. The molecule has 6 nitrogen and oxygen atoms in total. The predicted octanol–water partition coefficient (Wildman–Crippen LogP) is 3.12. The van der Waals surface area contributed by atoms with Crippen molar-refractivity contribution in [2.24, 2.45) is 0 Å². The van der Waals surface area contributed by atoms with Gasteiger partial charge in [0.15, 0.2) is 11.6 Å². The number of methoxy groups -OCH3 is 1. The van der Waals surface area contributed by atoms with Crippen molar-refractivity contribution in [2.45, 2.75) is 24.8 Å². The predicted molar refractivity (Wildman–Crippen MR) is 97.4 cm³/mol. The van der Waals surface area contributed by atoms with E-state index in [1.54, 1.807) is 13.8 Å². The van der Waals surface area contributed by atoms with Gasteiger partial charge in [0, 0.05) is 24.3 Å². The Kier molecular flexibility index (Phi) is 5.99. The van der Waals surface area contributed by atoms with Crippen molar-refractivity contribution in [3.63, 3.8) is 0 Å². The monoisotopic (exact) mass is 380 g/mol. The average Bonchev–Trinajstić information content (AvgIpc) is 2.61. The number of hydrogen-bond donors (Lipinski definition) is 1. The fraction of sp³-hybridized carbons (Fsp3) is 0.278. The van der Waals surface area contributed by atoms with Gasteiger partial charge in [-0.25, -0.2) is 12.8 Å². The average molecular weight is 380 g/mol. The second-order valence-electron chi connectivity index (χ2n) is 5.94. The Morgan fingerprint density at radius 1 is 1.15 bits per heavy atom. The summed E-state index contributed by atoms with van der Waals surface area (Å²) in [6.07, 6.45) is 0. The molecule has 1 N–H and O–H groups in total. The van der Waals surface area contributed by atoms with E-state index in [-0.39, 0.29) is 22.3 Å². The lowest BCUT2D eigenvalue weighted by Crippen LogP contribution is -2.33. The van der Waals surface area contributed by atoms with Gasteiger partial charge in [-0.15, -0.1) is 0 Å². The quantitative estimate of drug-likeness (QED) is 0.835. The van der Waals surface area contributed by atoms with E-state index in [4.69, 9.17) is 4.74 Å². The van der Waals surface area contributed by atoms with Gasteiger partial charge in [-0.1, -0.05) is 0 Å². The molecular weight excluding hydrogens is 359 g/mol. The minimum absolute atomic E-state index is 0.0466. The number of benzene rings is 2. The fourth-order valence-electron chi connectivity index (χ4n) is 2.16. The van der Waals surface area contributed by atoms with Crippen LogP contribution in [0.25, 0.3) is 0 Å². The molecular formula is C18H21FN2O4S. The third-order valence-electron chi connectivity index (χ3n) is 3.93. The first-order chi connectivity index (χ1) is 12.2. The molecule has 0 aliphatic rings. The number of nitrogens with zero attached hydrogens (tertiary/aromatic N) is 1. The van der Waals surface area contributed by atoms with Crippen molar-refractivity contribution in [3.05, 3.63) is 53.8 Å². The maximum atomic E-state index is 13.7. The summed E-state index contributed by atoms with van der Waals surface area (Å²) in [5.41, 5.74) is 0.525. The number of nitrogens with one attached hydrogen (secondary N) is 1. The van der Waals surface area contributed by atoms with Gasteiger partial charge >= 0.3 is 0 Å². The largest absolute Gasteiger partial charge is 0.494 e. The molecule has 0 radical (unpaired) electrons. The van der Waals surface area contributed by atoms with Crippen LogP contribution in [0, 0.1) is 5.82 Å². The van der Waals surface area contributed by atoms with Crippen LogP contribution < -0.4 is 10.1 Å². The van der Waals surface area contributed by atoms with Gasteiger partial charge in [-0.05, 0) is 56.3 Å². The molecule has 0 saturated carbocycles. The lowest BCUT2D eigenvalue weighted by Gasteiger charge is -2.21. The second kappa shape index (κ2) is 7.84. The Bertz CT molecular complexity index is 896. The van der Waals surface area contributed by atoms with E-state index >= 15 is 0 Å². The molecule has 8 heteroatoms. The van der Waals surface area contributed by atoms with Crippen molar-refractivity contribution in [1.29, 1.82) is 0 Å². The molecule has 0 aliphatic heterocycles. The zero-order valence-electron chi connectivity index (χ0n) is 15.0. The van der Waals surface area contributed by atoms with Crippen molar-refractivity contribution in [3.8, 4) is 5.75 Å². The summed E-state index contributed by atoms with van der Waals surface area (Å²) in [6, 6.07) is 9.50. The van der Waals surface area contributed by atoms with Crippen LogP contribution in [0.5, 0.6) is 5.75 Å². The van der Waals surface area contributed by atoms with Crippen LogP contribution in [0.3, 0.4) is 0 Å². The van der Waals surface area contributed by atoms with Crippen LogP contribution >= 0.6 is 0 Å². The minimum Gasteiger partial charge on any atom is -0.494 e. The van der Waals surface area contributed by atoms with Crippen LogP contribution in [0.15, 0.2) is 47.4 Å². The molecule has 0 heterocycles. The van der Waals surface area contributed by atoms with Crippen molar-refractivity contribution in [2.75, 3.05) is 19.5 Å². The highest BCUT2D eigenvalue weighted by molar-refractivity contribution is 7.89. The highest BCUT2D eigenvalue weighted by atomic mass is 32.2. The Morgan fingerprint density at radius 2 is 1.77 bits per heavy atom. The van der Waals surface area contributed by atoms with Crippen LogP contribution in [0.4, 0.5) is 10.1 Å². The van der Waals surface area contributed by atoms with Gasteiger partial charge in [-0.3, -0.25) is 4.79 Å². The highest BCUT2D eigenvalue weighted by Crippen LogP contribution is 2.21. The molecule has 2 aromatic carbocycles. The molecule has 0 fully saturated rings. The van der Waals surface area contributed by atoms with Crippen molar-refractivity contribution in [1.82, 2.24) is 4.31 Å². The van der Waals surface area contributed by atoms with E-state index in [2.05, 4.69) is 5.32 Å². The number of halogens is 1. The third-order valence-corrected chi connectivity index (χ3v) is 5.98. The topological polar surface area (TPSA) is 75.7 Å². The van der Waals surface area contributed by atoms with Gasteiger partial charge in [0.05, 0.1) is 12.0 Å². The number of sulfonamides is 1. The van der Waals surface area contributed by atoms with Gasteiger partial charge in [0.1, 0.15) is 0 Å². The molecule has 0 aromatic heterocycles. The van der Waals surface area contributed by atoms with Crippen LogP contribution in [-0.2, 0) is 10.0 Å². The van der Waals surface area contributed by atoms with Crippen LogP contribution in [0.2, 0.25) is 0 Å². The van der Waals surface area contributed by atoms with Crippen molar-refractivity contribution < 1.29 is 22.3 Å². The molecule has 0 atom stereocenters. The van der Waals surface area contributed by atoms with Crippen LogP contribution in [0.1, 0.15) is 24.2 Å². The molecule has 140 valence electrons. The summed E-state index contributed by atoms with van der Waals surface area (Å²) < 4.78 is 44.6. The minimum atomic E-state index is -3.59. The lowest BCUT2D eigenvalue weighted by molar-refractivity contribution is 0.102. The molecule has 1 amide bonds. The SMILES string of the molecule is COc1ccc(C(=O)Nc2ccc(S(=O)(=O)N(C)C(C)C)cc2)cc1F. The first-order valence-corrected chi connectivity index (χ1v) is 9.34. The van der Waals surface area contributed by atoms with E-state index in [1.807, 2.05) is 0 Å². The maximum Gasteiger partial charge on any atom is 0.255 e. The van der Waals surface area contributed by atoms with E-state index in [9.17, 15) is 17.6 Å². The van der Waals surface area contributed by atoms with Crippen LogP contribution in [-0.4, -0.2) is 38.8 Å². The Hall–Kier alpha value is -2.45. The van der Waals surface area contributed by atoms with E-state index in [1.165, 1.54) is 54.9 Å². The normalized spacial score (nSPS) is 11.7. The molecule has 0 spiro atoms. The maximum absolute atomic E-state index is 13.7. The third kappa shape index (κ3) is 4.20. The molecule has 0 unspecified atom stereocenters. The van der Waals surface area contributed by atoms with Gasteiger partial charge in [0.25, 0.3) is 5.91 Å². The Labute approximate surface area is 152 Å². The van der Waals surface area contributed by atoms with Gasteiger partial charge in [0.2, 0.25) is 10.0 Å². The lowest BCUT2D eigenvalue weighted by atomic mass is 10.2. The number of carbonyl (C=O) groups excluding carboxylic acids is 1. The van der Waals surface area contributed by atoms with Gasteiger partial charge in [-0.2, -0.15) is 4.31 Å². The molecule has 26 heavy (non-hydrogen) atoms. The highest BCUT2D eigenvalue weighted by Gasteiger charge is 2.22. The number of hydrogen-bond acceptors (Lipinski definition) is 4. The molecule has 0 bridgehead atoms. The molecule has 2 aromatic rings. The first kappa shape index (κ1) is 19.9. The first-order valence-electron chi connectivity index (χ1n) is 7.90. The second-order valence-corrected chi connectivity index (χ2v) is 7.94. The summed E-state index contributed by atoms with van der Waals surface area (Å²) in [6.45, 7) is 3.56. The summed E-state index contributed by atoms with van der Waals surface area (Å²) in [4.78, 5) is 12.3. The smallest absolute Gasteiger partial charge is 0.255 e. The van der Waals surface area contributed by atoms with E-state index in [0.717, 1.165) is 6.07 Å². The number of ether oxygens (including phenoxy) is 1. The summed E-state index contributed by atoms with van der Waals surface area (Å²) in [7, 11) is -0.746. The summed E-state index contributed by atoms with van der Waals surface area (Å²) in [5, 5.41) is 2.60. The molecule has 0 saturated heterocycles. The summed E-state index contributed by atoms with van der Waals surface area (Å²) >= 11 is 0. The van der Waals surface area contributed by atoms with E-state index < -0.39 is 21.7 Å². The van der Waals surface area contributed by atoms with E-state index in [0.29, 0.717) is 5.69 Å². The molecule has 2 rings (SSSR count). The van der Waals surface area contributed by atoms with Gasteiger partial charge < -0.3 is 10.1 Å². The number of carbonyl (C=O) groups is 1. The Morgan fingerprint density at radius 3 is 2.27 bits per heavy atom.